The highest BCUT2D eigenvalue weighted by atomic mass is 19.1. The Morgan fingerprint density at radius 1 is 1.13 bits per heavy atom. The summed E-state index contributed by atoms with van der Waals surface area (Å²) in [6.45, 7) is 1.82. The zero-order valence-electron chi connectivity index (χ0n) is 16.7. The second-order valence-corrected chi connectivity index (χ2v) is 6.79. The van der Waals surface area contributed by atoms with Crippen molar-refractivity contribution >= 4 is 16.9 Å². The molecular weight excluding hydrogens is 408 g/mol. The maximum atomic E-state index is 14.0. The molecule has 0 bridgehead atoms. The van der Waals surface area contributed by atoms with Gasteiger partial charge in [0.05, 0.1) is 18.6 Å². The Labute approximate surface area is 175 Å². The maximum Gasteiger partial charge on any atom is 0.326 e. The number of aromatic amines is 1. The normalized spacial score (nSPS) is 12.0. The van der Waals surface area contributed by atoms with Crippen LogP contribution in [0.2, 0.25) is 0 Å². The van der Waals surface area contributed by atoms with Crippen LogP contribution in [-0.2, 0) is 0 Å². The highest BCUT2D eigenvalue weighted by Gasteiger charge is 2.19. The number of nitrogens with zero attached hydrogens (tertiary/aromatic N) is 3. The number of benzene rings is 2. The SMILES string of the molecule is COc1ccc(-c2n[nH]c3nc(Oc4ccc(F)cc4F)nc(NCC(C)O)c23)cc1. The van der Waals surface area contributed by atoms with Crippen LogP contribution in [0.25, 0.3) is 22.3 Å². The van der Waals surface area contributed by atoms with E-state index >= 15 is 0 Å². The molecule has 2 aromatic heterocycles. The number of fused-ring (bicyclic) bond motifs is 1. The van der Waals surface area contributed by atoms with Gasteiger partial charge in [-0.2, -0.15) is 15.1 Å². The molecule has 0 aliphatic heterocycles. The third-order valence-electron chi connectivity index (χ3n) is 4.42. The number of anilines is 1. The third kappa shape index (κ3) is 4.38. The fourth-order valence-corrected chi connectivity index (χ4v) is 2.94. The lowest BCUT2D eigenvalue weighted by Gasteiger charge is -2.12. The Balaban J connectivity index is 1.78. The van der Waals surface area contributed by atoms with Crippen molar-refractivity contribution in [3.63, 3.8) is 0 Å². The minimum Gasteiger partial charge on any atom is -0.497 e. The molecule has 0 amide bonds. The van der Waals surface area contributed by atoms with E-state index in [9.17, 15) is 13.9 Å². The maximum absolute atomic E-state index is 14.0. The van der Waals surface area contributed by atoms with Crippen molar-refractivity contribution in [2.24, 2.45) is 0 Å². The zero-order chi connectivity index (χ0) is 22.0. The van der Waals surface area contributed by atoms with E-state index < -0.39 is 17.7 Å². The molecule has 3 N–H and O–H groups in total. The molecule has 8 nitrogen and oxygen atoms in total. The van der Waals surface area contributed by atoms with Gasteiger partial charge in [-0.1, -0.05) is 0 Å². The number of aliphatic hydroxyl groups excluding tert-OH is 1. The van der Waals surface area contributed by atoms with Gasteiger partial charge in [0.1, 0.15) is 23.1 Å². The van der Waals surface area contributed by atoms with E-state index in [1.165, 1.54) is 0 Å². The first-order chi connectivity index (χ1) is 14.9. The minimum absolute atomic E-state index is 0.170. The van der Waals surface area contributed by atoms with Gasteiger partial charge in [-0.05, 0) is 43.3 Å². The van der Waals surface area contributed by atoms with Gasteiger partial charge < -0.3 is 19.9 Å². The molecule has 2 heterocycles. The molecule has 0 aliphatic carbocycles. The quantitative estimate of drug-likeness (QED) is 0.411. The second-order valence-electron chi connectivity index (χ2n) is 6.79. The fraction of sp³-hybridized carbons (Fsp3) is 0.190. The van der Waals surface area contributed by atoms with Crippen LogP contribution < -0.4 is 14.8 Å². The average Bonchev–Trinajstić information content (AvgIpc) is 3.18. The van der Waals surface area contributed by atoms with Crippen molar-refractivity contribution in [3.05, 3.63) is 54.1 Å². The Morgan fingerprint density at radius 2 is 1.90 bits per heavy atom. The van der Waals surface area contributed by atoms with Gasteiger partial charge in [-0.15, -0.1) is 0 Å². The Kier molecular flexibility index (Phi) is 5.63. The number of hydrogen-bond acceptors (Lipinski definition) is 7. The van der Waals surface area contributed by atoms with Crippen LogP contribution in [0.5, 0.6) is 17.5 Å². The first-order valence-corrected chi connectivity index (χ1v) is 9.40. The van der Waals surface area contributed by atoms with E-state index in [0.29, 0.717) is 34.4 Å². The van der Waals surface area contributed by atoms with Crippen molar-refractivity contribution in [1.29, 1.82) is 0 Å². The summed E-state index contributed by atoms with van der Waals surface area (Å²) in [4.78, 5) is 8.59. The van der Waals surface area contributed by atoms with Gasteiger partial charge in [0.15, 0.2) is 17.2 Å². The smallest absolute Gasteiger partial charge is 0.326 e. The molecule has 2 aromatic carbocycles. The molecular formula is C21H19F2N5O3. The molecule has 0 fully saturated rings. The predicted molar refractivity (Wildman–Crippen MR) is 110 cm³/mol. The summed E-state index contributed by atoms with van der Waals surface area (Å²) in [6, 6.07) is 10.0. The van der Waals surface area contributed by atoms with Gasteiger partial charge in [0, 0.05) is 18.2 Å². The van der Waals surface area contributed by atoms with Gasteiger partial charge in [0.2, 0.25) is 0 Å². The number of ether oxygens (including phenoxy) is 2. The molecule has 4 rings (SSSR count). The minimum atomic E-state index is -0.884. The van der Waals surface area contributed by atoms with Crippen molar-refractivity contribution < 1.29 is 23.4 Å². The fourth-order valence-electron chi connectivity index (χ4n) is 2.94. The van der Waals surface area contributed by atoms with Crippen molar-refractivity contribution in [2.45, 2.75) is 13.0 Å². The lowest BCUT2D eigenvalue weighted by Crippen LogP contribution is -2.16. The van der Waals surface area contributed by atoms with E-state index in [0.717, 1.165) is 17.7 Å². The van der Waals surface area contributed by atoms with Crippen LogP contribution >= 0.6 is 0 Å². The number of halogens is 2. The van der Waals surface area contributed by atoms with E-state index in [2.05, 4.69) is 25.5 Å². The van der Waals surface area contributed by atoms with Crippen LogP contribution in [0.3, 0.4) is 0 Å². The highest BCUT2D eigenvalue weighted by Crippen LogP contribution is 2.33. The molecule has 0 saturated carbocycles. The van der Waals surface area contributed by atoms with E-state index in [1.807, 2.05) is 12.1 Å². The largest absolute Gasteiger partial charge is 0.497 e. The standard InChI is InChI=1S/C21H19F2N5O3/c1-11(29)10-24-19-17-18(12-3-6-14(30-2)7-4-12)27-28-20(17)26-21(25-19)31-16-8-5-13(22)9-15(16)23/h3-9,11,29H,10H2,1-2H3,(H2,24,25,26,27,28). The summed E-state index contributed by atoms with van der Waals surface area (Å²) in [6.07, 6.45) is -0.653. The molecule has 1 atom stereocenters. The Bertz CT molecular complexity index is 1210. The lowest BCUT2D eigenvalue weighted by molar-refractivity contribution is 0.208. The number of hydrogen-bond donors (Lipinski definition) is 3. The summed E-state index contributed by atoms with van der Waals surface area (Å²) in [7, 11) is 1.58. The molecule has 1 unspecified atom stereocenters. The molecule has 0 spiro atoms. The van der Waals surface area contributed by atoms with Crippen LogP contribution in [0.4, 0.5) is 14.6 Å². The average molecular weight is 427 g/mol. The number of nitrogens with one attached hydrogen (secondary N) is 2. The Hall–Kier alpha value is -3.79. The van der Waals surface area contributed by atoms with E-state index in [4.69, 9.17) is 9.47 Å². The molecule has 4 aromatic rings. The highest BCUT2D eigenvalue weighted by molar-refractivity contribution is 5.99. The van der Waals surface area contributed by atoms with Gasteiger partial charge in [-0.25, -0.2) is 8.78 Å². The lowest BCUT2D eigenvalue weighted by atomic mass is 10.1. The molecule has 0 saturated heterocycles. The molecule has 0 radical (unpaired) electrons. The van der Waals surface area contributed by atoms with Gasteiger partial charge in [-0.3, -0.25) is 5.10 Å². The monoisotopic (exact) mass is 427 g/mol. The third-order valence-corrected chi connectivity index (χ3v) is 4.42. The summed E-state index contributed by atoms with van der Waals surface area (Å²) in [5.41, 5.74) is 1.70. The predicted octanol–water partition coefficient (Wildman–Crippen LogP) is 3.89. The van der Waals surface area contributed by atoms with Crippen LogP contribution in [0, 0.1) is 11.6 Å². The first-order valence-electron chi connectivity index (χ1n) is 9.40. The summed E-state index contributed by atoms with van der Waals surface area (Å²) < 4.78 is 37.8. The molecule has 10 heteroatoms. The van der Waals surface area contributed by atoms with Crippen LogP contribution in [-0.4, -0.2) is 45.0 Å². The molecule has 0 aliphatic rings. The molecule has 160 valence electrons. The summed E-state index contributed by atoms with van der Waals surface area (Å²) in [5, 5.41) is 20.5. The number of aromatic nitrogens is 4. The summed E-state index contributed by atoms with van der Waals surface area (Å²) >= 11 is 0. The second kappa shape index (κ2) is 8.52. The van der Waals surface area contributed by atoms with E-state index in [-0.39, 0.29) is 18.3 Å². The van der Waals surface area contributed by atoms with Crippen molar-refractivity contribution in [1.82, 2.24) is 20.2 Å². The van der Waals surface area contributed by atoms with Crippen molar-refractivity contribution in [3.8, 4) is 28.8 Å². The Morgan fingerprint density at radius 3 is 2.58 bits per heavy atom. The summed E-state index contributed by atoms with van der Waals surface area (Å²) in [5.74, 6) is -0.798. The number of rotatable bonds is 7. The van der Waals surface area contributed by atoms with Gasteiger partial charge >= 0.3 is 6.01 Å². The zero-order valence-corrected chi connectivity index (χ0v) is 16.7. The van der Waals surface area contributed by atoms with Crippen LogP contribution in [0.1, 0.15) is 6.92 Å². The number of aliphatic hydroxyl groups is 1. The number of methoxy groups -OCH3 is 1. The van der Waals surface area contributed by atoms with E-state index in [1.54, 1.807) is 26.2 Å². The topological polar surface area (TPSA) is 105 Å². The van der Waals surface area contributed by atoms with Gasteiger partial charge in [0.25, 0.3) is 0 Å². The number of H-pyrrole nitrogens is 1. The molecule has 31 heavy (non-hydrogen) atoms. The van der Waals surface area contributed by atoms with Crippen LogP contribution in [0.15, 0.2) is 42.5 Å². The van der Waals surface area contributed by atoms with Crippen molar-refractivity contribution in [2.75, 3.05) is 19.0 Å². The first kappa shape index (κ1) is 20.5.